The van der Waals surface area contributed by atoms with Crippen LogP contribution in [0.25, 0.3) is 11.6 Å². The first-order chi connectivity index (χ1) is 12.2. The van der Waals surface area contributed by atoms with E-state index in [1.807, 2.05) is 0 Å². The summed E-state index contributed by atoms with van der Waals surface area (Å²) in [5, 5.41) is 13.2. The van der Waals surface area contributed by atoms with Gasteiger partial charge in [-0.1, -0.05) is 0 Å². The molecule has 2 aliphatic rings. The van der Waals surface area contributed by atoms with Gasteiger partial charge in [0.25, 0.3) is 0 Å². The van der Waals surface area contributed by atoms with Crippen molar-refractivity contribution in [3.05, 3.63) is 41.6 Å². The molecule has 2 aromatic rings. The highest BCUT2D eigenvalue weighted by Gasteiger charge is 2.22. The number of aromatic nitrogens is 3. The fraction of sp³-hybridized carbons (Fsp3) is 0.368. The quantitative estimate of drug-likeness (QED) is 0.896. The standard InChI is InChI=1S/C19H20N4O2/c24-15-4-2-14(3-5-15)23-19-17-8-12(1-6-18(17)21-11-22-19)13-7-16(25)10-20-9-13/h7-11,14,25H,1-6H2,(H,21,22,23). The summed E-state index contributed by atoms with van der Waals surface area (Å²) in [7, 11) is 0. The largest absolute Gasteiger partial charge is 0.506 e. The maximum absolute atomic E-state index is 11.4. The molecular formula is C19H20N4O2. The molecule has 0 amide bonds. The molecule has 0 aliphatic heterocycles. The summed E-state index contributed by atoms with van der Waals surface area (Å²) >= 11 is 0. The Bertz CT molecular complexity index is 837. The fourth-order valence-electron chi connectivity index (χ4n) is 3.51. The van der Waals surface area contributed by atoms with Crippen molar-refractivity contribution in [2.75, 3.05) is 5.32 Å². The van der Waals surface area contributed by atoms with Gasteiger partial charge in [-0.25, -0.2) is 9.97 Å². The predicted molar refractivity (Wildman–Crippen MR) is 95.0 cm³/mol. The number of nitrogens with zero attached hydrogens (tertiary/aromatic N) is 3. The number of ketones is 1. The number of rotatable bonds is 3. The second-order valence-corrected chi connectivity index (χ2v) is 6.64. The number of carbonyl (C=O) groups is 1. The number of nitrogens with one attached hydrogen (secondary N) is 1. The molecule has 128 valence electrons. The molecule has 0 aromatic carbocycles. The van der Waals surface area contributed by atoms with Crippen molar-refractivity contribution in [1.29, 1.82) is 0 Å². The van der Waals surface area contributed by atoms with Crippen LogP contribution in [0.3, 0.4) is 0 Å². The van der Waals surface area contributed by atoms with Crippen LogP contribution in [-0.4, -0.2) is 31.9 Å². The van der Waals surface area contributed by atoms with Crippen LogP contribution in [0.1, 0.15) is 48.9 Å². The molecule has 2 heterocycles. The van der Waals surface area contributed by atoms with E-state index in [-0.39, 0.29) is 11.8 Å². The molecule has 0 atom stereocenters. The zero-order valence-corrected chi connectivity index (χ0v) is 13.9. The van der Waals surface area contributed by atoms with Crippen molar-refractivity contribution in [2.45, 2.75) is 44.6 Å². The van der Waals surface area contributed by atoms with Crippen molar-refractivity contribution in [3.8, 4) is 5.75 Å². The molecule has 1 fully saturated rings. The third kappa shape index (κ3) is 3.38. The van der Waals surface area contributed by atoms with E-state index < -0.39 is 0 Å². The normalized spacial score (nSPS) is 17.8. The third-order valence-corrected chi connectivity index (χ3v) is 4.89. The second-order valence-electron chi connectivity index (χ2n) is 6.64. The number of anilines is 1. The molecule has 6 nitrogen and oxygen atoms in total. The zero-order valence-electron chi connectivity index (χ0n) is 13.9. The first-order valence-electron chi connectivity index (χ1n) is 8.66. The summed E-state index contributed by atoms with van der Waals surface area (Å²) in [6, 6.07) is 2.01. The highest BCUT2D eigenvalue weighted by atomic mass is 16.3. The summed E-state index contributed by atoms with van der Waals surface area (Å²) in [6.45, 7) is 0. The van der Waals surface area contributed by atoms with E-state index in [4.69, 9.17) is 0 Å². The minimum absolute atomic E-state index is 0.165. The number of hydrogen-bond acceptors (Lipinski definition) is 6. The smallest absolute Gasteiger partial charge is 0.137 e. The van der Waals surface area contributed by atoms with Gasteiger partial charge in [-0.05, 0) is 49.0 Å². The van der Waals surface area contributed by atoms with Gasteiger partial charge in [-0.15, -0.1) is 0 Å². The average Bonchev–Trinajstić information content (AvgIpc) is 2.63. The maximum Gasteiger partial charge on any atom is 0.137 e. The molecule has 0 radical (unpaired) electrons. The van der Waals surface area contributed by atoms with Gasteiger partial charge in [-0.2, -0.15) is 0 Å². The highest BCUT2D eigenvalue weighted by Crippen LogP contribution is 2.33. The van der Waals surface area contributed by atoms with Crippen LogP contribution < -0.4 is 5.32 Å². The van der Waals surface area contributed by atoms with E-state index in [1.165, 1.54) is 6.20 Å². The van der Waals surface area contributed by atoms with Crippen LogP contribution in [0.2, 0.25) is 0 Å². The van der Waals surface area contributed by atoms with Crippen LogP contribution in [0.15, 0.2) is 24.8 Å². The van der Waals surface area contributed by atoms with E-state index >= 15 is 0 Å². The van der Waals surface area contributed by atoms with Crippen LogP contribution in [-0.2, 0) is 11.2 Å². The van der Waals surface area contributed by atoms with E-state index in [9.17, 15) is 9.90 Å². The molecule has 6 heteroatoms. The monoisotopic (exact) mass is 336 g/mol. The average molecular weight is 336 g/mol. The Morgan fingerprint density at radius 1 is 1.08 bits per heavy atom. The van der Waals surface area contributed by atoms with Gasteiger partial charge in [0.2, 0.25) is 0 Å². The molecule has 0 saturated heterocycles. The van der Waals surface area contributed by atoms with Gasteiger partial charge in [-0.3, -0.25) is 9.78 Å². The number of aryl methyl sites for hydroxylation is 1. The topological polar surface area (TPSA) is 88.0 Å². The number of Topliss-reactive ketones (excluding diaryl/α,β-unsaturated/α-hetero) is 1. The summed E-state index contributed by atoms with van der Waals surface area (Å²) in [4.78, 5) is 24.4. The van der Waals surface area contributed by atoms with Crippen LogP contribution >= 0.6 is 0 Å². The Kier molecular flexibility index (Phi) is 4.17. The number of hydrogen-bond donors (Lipinski definition) is 2. The molecular weight excluding hydrogens is 316 g/mol. The summed E-state index contributed by atoms with van der Waals surface area (Å²) in [5.41, 5.74) is 4.07. The lowest BCUT2D eigenvalue weighted by Gasteiger charge is -2.25. The molecule has 25 heavy (non-hydrogen) atoms. The molecule has 0 spiro atoms. The molecule has 2 aromatic heterocycles. The lowest BCUT2D eigenvalue weighted by atomic mass is 9.91. The third-order valence-electron chi connectivity index (χ3n) is 4.89. The number of aromatic hydroxyl groups is 1. The predicted octanol–water partition coefficient (Wildman–Crippen LogP) is 2.99. The molecule has 4 rings (SSSR count). The van der Waals surface area contributed by atoms with Crippen molar-refractivity contribution in [1.82, 2.24) is 15.0 Å². The van der Waals surface area contributed by atoms with E-state index in [2.05, 4.69) is 26.3 Å². The first kappa shape index (κ1) is 15.7. The van der Waals surface area contributed by atoms with Gasteiger partial charge < -0.3 is 10.4 Å². The Balaban J connectivity index is 1.63. The maximum atomic E-state index is 11.4. The van der Waals surface area contributed by atoms with Crippen LogP contribution in [0, 0.1) is 0 Å². The van der Waals surface area contributed by atoms with Crippen LogP contribution in [0.4, 0.5) is 5.82 Å². The Labute approximate surface area is 146 Å². The SMILES string of the molecule is O=C1CCC(Nc2ncnc3c2C=C(c2cncc(O)c2)CC3)CC1. The van der Waals surface area contributed by atoms with Crippen molar-refractivity contribution >= 4 is 23.3 Å². The number of fused-ring (bicyclic) bond motifs is 1. The highest BCUT2D eigenvalue weighted by molar-refractivity contribution is 5.87. The lowest BCUT2D eigenvalue weighted by Crippen LogP contribution is -2.27. The Hall–Kier alpha value is -2.76. The molecule has 2 N–H and O–H groups in total. The first-order valence-corrected chi connectivity index (χ1v) is 8.66. The molecule has 0 bridgehead atoms. The van der Waals surface area contributed by atoms with Gasteiger partial charge in [0, 0.05) is 30.6 Å². The van der Waals surface area contributed by atoms with E-state index in [0.717, 1.165) is 53.9 Å². The van der Waals surface area contributed by atoms with E-state index in [0.29, 0.717) is 18.6 Å². The van der Waals surface area contributed by atoms with Gasteiger partial charge >= 0.3 is 0 Å². The van der Waals surface area contributed by atoms with Crippen LogP contribution in [0.5, 0.6) is 5.75 Å². The van der Waals surface area contributed by atoms with Crippen molar-refractivity contribution < 1.29 is 9.90 Å². The van der Waals surface area contributed by atoms with Gasteiger partial charge in [0.1, 0.15) is 23.7 Å². The van der Waals surface area contributed by atoms with Crippen molar-refractivity contribution in [2.24, 2.45) is 0 Å². The molecule has 2 aliphatic carbocycles. The molecule has 1 saturated carbocycles. The summed E-state index contributed by atoms with van der Waals surface area (Å²) in [6.07, 6.45) is 11.6. The molecule has 0 unspecified atom stereocenters. The van der Waals surface area contributed by atoms with Gasteiger partial charge in [0.05, 0.1) is 11.9 Å². The minimum Gasteiger partial charge on any atom is -0.506 e. The zero-order chi connectivity index (χ0) is 17.2. The number of pyridine rings is 1. The van der Waals surface area contributed by atoms with E-state index in [1.54, 1.807) is 18.6 Å². The minimum atomic E-state index is 0.165. The summed E-state index contributed by atoms with van der Waals surface area (Å²) in [5.74, 6) is 1.34. The Morgan fingerprint density at radius 2 is 1.92 bits per heavy atom. The lowest BCUT2D eigenvalue weighted by molar-refractivity contribution is -0.120. The van der Waals surface area contributed by atoms with Gasteiger partial charge in [0.15, 0.2) is 0 Å². The Morgan fingerprint density at radius 3 is 2.72 bits per heavy atom. The number of allylic oxidation sites excluding steroid dienone is 1. The fourth-order valence-corrected chi connectivity index (χ4v) is 3.51. The number of carbonyl (C=O) groups excluding carboxylic acids is 1. The summed E-state index contributed by atoms with van der Waals surface area (Å²) < 4.78 is 0. The second kappa shape index (κ2) is 6.63. The van der Waals surface area contributed by atoms with Crippen molar-refractivity contribution in [3.63, 3.8) is 0 Å².